The summed E-state index contributed by atoms with van der Waals surface area (Å²) in [7, 11) is -3.94. The average Bonchev–Trinajstić information content (AvgIpc) is 3.10. The third-order valence-corrected chi connectivity index (χ3v) is 7.58. The monoisotopic (exact) mass is 506 g/mol. The Morgan fingerprint density at radius 3 is 2.45 bits per heavy atom. The second kappa shape index (κ2) is 9.32. The van der Waals surface area contributed by atoms with Gasteiger partial charge in [0.1, 0.15) is 6.29 Å². The van der Waals surface area contributed by atoms with Crippen molar-refractivity contribution in [3.8, 4) is 0 Å². The van der Waals surface area contributed by atoms with Gasteiger partial charge < -0.3 is 4.79 Å². The van der Waals surface area contributed by atoms with E-state index in [-0.39, 0.29) is 4.90 Å². The third-order valence-electron chi connectivity index (χ3n) is 5.40. The number of rotatable bonds is 9. The van der Waals surface area contributed by atoms with Gasteiger partial charge >= 0.3 is 0 Å². The maximum atomic E-state index is 13.4. The molecular formula is C22H23BrN2O5S. The Hall–Kier alpha value is -2.52. The summed E-state index contributed by atoms with van der Waals surface area (Å²) in [6.07, 6.45) is 3.34. The minimum atomic E-state index is -3.94. The number of carbonyl (C=O) groups is 1. The standard InChI is InChI=1S/C22H23BrN2O5S/c1-3-4-16(14-26)20(13-25(27)28)21-12-24(22-10-7-17(23)11-19(21)22)31(29,30)18-8-5-15(2)6-9-18/h5-12,14,16,20H,3-4,13H2,1-2H3/t16-,20-/m1/s1. The molecule has 9 heteroatoms. The lowest BCUT2D eigenvalue weighted by Crippen LogP contribution is -2.22. The number of aromatic nitrogens is 1. The Labute approximate surface area is 189 Å². The van der Waals surface area contributed by atoms with E-state index in [1.54, 1.807) is 30.3 Å². The highest BCUT2D eigenvalue weighted by Gasteiger charge is 2.32. The predicted octanol–water partition coefficient (Wildman–Crippen LogP) is 4.92. The molecule has 0 bridgehead atoms. The third kappa shape index (κ3) is 4.72. The summed E-state index contributed by atoms with van der Waals surface area (Å²) in [6.45, 7) is 3.31. The highest BCUT2D eigenvalue weighted by atomic mass is 79.9. The molecule has 7 nitrogen and oxygen atoms in total. The number of aryl methyl sites for hydroxylation is 1. The van der Waals surface area contributed by atoms with Crippen LogP contribution in [0.5, 0.6) is 0 Å². The topological polar surface area (TPSA) is 99.3 Å². The summed E-state index contributed by atoms with van der Waals surface area (Å²) in [6, 6.07) is 11.6. The minimum Gasteiger partial charge on any atom is -0.303 e. The molecule has 3 rings (SSSR count). The summed E-state index contributed by atoms with van der Waals surface area (Å²) in [5.41, 5.74) is 1.82. The molecule has 0 aliphatic carbocycles. The fourth-order valence-corrected chi connectivity index (χ4v) is 5.58. The quantitative estimate of drug-likeness (QED) is 0.233. The first kappa shape index (κ1) is 23.1. The van der Waals surface area contributed by atoms with Crippen LogP contribution in [0.4, 0.5) is 0 Å². The smallest absolute Gasteiger partial charge is 0.268 e. The van der Waals surface area contributed by atoms with Crippen LogP contribution >= 0.6 is 15.9 Å². The molecular weight excluding hydrogens is 484 g/mol. The second-order valence-corrected chi connectivity index (χ2v) is 10.3. The summed E-state index contributed by atoms with van der Waals surface area (Å²) in [5, 5.41) is 12.0. The summed E-state index contributed by atoms with van der Waals surface area (Å²) in [5.74, 6) is -1.32. The van der Waals surface area contributed by atoms with Crippen LogP contribution in [0.1, 0.15) is 36.8 Å². The van der Waals surface area contributed by atoms with Gasteiger partial charge in [0, 0.05) is 26.9 Å². The van der Waals surface area contributed by atoms with Crippen LogP contribution in [0.25, 0.3) is 10.9 Å². The van der Waals surface area contributed by atoms with E-state index in [4.69, 9.17) is 0 Å². The van der Waals surface area contributed by atoms with Crippen molar-refractivity contribution in [1.29, 1.82) is 0 Å². The Morgan fingerprint density at radius 1 is 1.19 bits per heavy atom. The lowest BCUT2D eigenvalue weighted by atomic mass is 9.84. The highest BCUT2D eigenvalue weighted by molar-refractivity contribution is 9.10. The van der Waals surface area contributed by atoms with Crippen molar-refractivity contribution in [1.82, 2.24) is 3.97 Å². The van der Waals surface area contributed by atoms with E-state index >= 15 is 0 Å². The van der Waals surface area contributed by atoms with E-state index in [1.165, 1.54) is 18.3 Å². The number of carbonyl (C=O) groups excluding carboxylic acids is 1. The number of halogens is 1. The molecule has 0 N–H and O–H groups in total. The van der Waals surface area contributed by atoms with E-state index in [1.807, 2.05) is 13.8 Å². The van der Waals surface area contributed by atoms with Crippen LogP contribution in [0, 0.1) is 23.0 Å². The molecule has 0 saturated heterocycles. The van der Waals surface area contributed by atoms with Gasteiger partial charge in [-0.2, -0.15) is 0 Å². The Balaban J connectivity index is 2.27. The van der Waals surface area contributed by atoms with Gasteiger partial charge in [-0.15, -0.1) is 0 Å². The van der Waals surface area contributed by atoms with Gasteiger partial charge in [-0.25, -0.2) is 12.4 Å². The fraction of sp³-hybridized carbons (Fsp3) is 0.318. The number of fused-ring (bicyclic) bond motifs is 1. The lowest BCUT2D eigenvalue weighted by molar-refractivity contribution is -0.484. The van der Waals surface area contributed by atoms with E-state index in [0.29, 0.717) is 33.8 Å². The predicted molar refractivity (Wildman–Crippen MR) is 122 cm³/mol. The second-order valence-electron chi connectivity index (χ2n) is 7.57. The molecule has 2 atom stereocenters. The van der Waals surface area contributed by atoms with Crippen LogP contribution in [0.15, 0.2) is 58.0 Å². The maximum absolute atomic E-state index is 13.4. The van der Waals surface area contributed by atoms with E-state index < -0.39 is 33.3 Å². The molecule has 0 aliphatic rings. The lowest BCUT2D eigenvalue weighted by Gasteiger charge is -2.18. The van der Waals surface area contributed by atoms with Gasteiger partial charge in [0.05, 0.1) is 16.3 Å². The summed E-state index contributed by atoms with van der Waals surface area (Å²) < 4.78 is 28.7. The normalized spacial score (nSPS) is 13.8. The molecule has 164 valence electrons. The molecule has 2 aromatic carbocycles. The number of aldehydes is 1. The first-order chi connectivity index (χ1) is 14.7. The minimum absolute atomic E-state index is 0.121. The molecule has 0 unspecified atom stereocenters. The largest absolute Gasteiger partial charge is 0.303 e. The zero-order chi connectivity index (χ0) is 22.8. The van der Waals surface area contributed by atoms with Crippen molar-refractivity contribution in [2.24, 2.45) is 5.92 Å². The Kier molecular flexibility index (Phi) is 6.96. The van der Waals surface area contributed by atoms with E-state index in [0.717, 1.165) is 15.8 Å². The molecule has 31 heavy (non-hydrogen) atoms. The molecule has 0 radical (unpaired) electrons. The molecule has 1 heterocycles. The number of benzene rings is 2. The van der Waals surface area contributed by atoms with Crippen LogP contribution in [-0.4, -0.2) is 30.1 Å². The number of hydrogen-bond acceptors (Lipinski definition) is 5. The molecule has 0 saturated carbocycles. The Morgan fingerprint density at radius 2 is 1.87 bits per heavy atom. The zero-order valence-corrected chi connectivity index (χ0v) is 19.6. The first-order valence-corrected chi connectivity index (χ1v) is 12.1. The number of hydrogen-bond donors (Lipinski definition) is 0. The van der Waals surface area contributed by atoms with Gasteiger partial charge in [0.25, 0.3) is 10.0 Å². The fourth-order valence-electron chi connectivity index (χ4n) is 3.84. The SMILES string of the molecule is CCC[C@H](C=O)[C@@H](C[N+](=O)[O-])c1cn(S(=O)(=O)c2ccc(C)cc2)c2ccc(Br)cc12. The van der Waals surface area contributed by atoms with Crippen molar-refractivity contribution in [3.63, 3.8) is 0 Å². The highest BCUT2D eigenvalue weighted by Crippen LogP contribution is 2.37. The van der Waals surface area contributed by atoms with Gasteiger partial charge in [0.15, 0.2) is 0 Å². The number of nitro groups is 1. The van der Waals surface area contributed by atoms with Crippen molar-refractivity contribution < 1.29 is 18.1 Å². The van der Waals surface area contributed by atoms with Crippen LogP contribution in [0.2, 0.25) is 0 Å². The molecule has 1 aromatic heterocycles. The van der Waals surface area contributed by atoms with Crippen molar-refractivity contribution in [3.05, 3.63) is 74.4 Å². The van der Waals surface area contributed by atoms with E-state index in [2.05, 4.69) is 15.9 Å². The van der Waals surface area contributed by atoms with Crippen LogP contribution in [0.3, 0.4) is 0 Å². The average molecular weight is 507 g/mol. The van der Waals surface area contributed by atoms with Crippen LogP contribution in [-0.2, 0) is 14.8 Å². The molecule has 3 aromatic rings. The van der Waals surface area contributed by atoms with Crippen LogP contribution < -0.4 is 0 Å². The summed E-state index contributed by atoms with van der Waals surface area (Å²) in [4.78, 5) is 22.9. The molecule has 0 amide bonds. The zero-order valence-electron chi connectivity index (χ0n) is 17.2. The van der Waals surface area contributed by atoms with Gasteiger partial charge in [-0.05, 0) is 49.2 Å². The van der Waals surface area contributed by atoms with Crippen molar-refractivity contribution in [2.45, 2.75) is 37.5 Å². The van der Waals surface area contributed by atoms with Crippen molar-refractivity contribution in [2.75, 3.05) is 6.54 Å². The van der Waals surface area contributed by atoms with E-state index in [9.17, 15) is 23.3 Å². The molecule has 0 spiro atoms. The van der Waals surface area contributed by atoms with Crippen molar-refractivity contribution >= 4 is 43.1 Å². The number of nitrogens with zero attached hydrogens (tertiary/aromatic N) is 2. The summed E-state index contributed by atoms with van der Waals surface area (Å²) >= 11 is 3.40. The first-order valence-electron chi connectivity index (χ1n) is 9.88. The Bertz CT molecular complexity index is 1220. The molecule has 0 aliphatic heterocycles. The van der Waals surface area contributed by atoms with Gasteiger partial charge in [-0.3, -0.25) is 10.1 Å². The maximum Gasteiger partial charge on any atom is 0.268 e. The van der Waals surface area contributed by atoms with Gasteiger partial charge in [-0.1, -0.05) is 47.0 Å². The molecule has 0 fully saturated rings. The van der Waals surface area contributed by atoms with Gasteiger partial charge in [0.2, 0.25) is 6.54 Å².